The Morgan fingerprint density at radius 1 is 1.26 bits per heavy atom. The van der Waals surface area contributed by atoms with Crippen molar-refractivity contribution in [3.63, 3.8) is 0 Å². The number of fused-ring (bicyclic) bond motifs is 1. The average Bonchev–Trinajstić information content (AvgIpc) is 2.80. The highest BCUT2D eigenvalue weighted by Crippen LogP contribution is 2.24. The minimum Gasteiger partial charge on any atom is -0.478 e. The lowest BCUT2D eigenvalue weighted by Gasteiger charge is -2.21. The third-order valence-electron chi connectivity index (χ3n) is 2.85. The highest BCUT2D eigenvalue weighted by molar-refractivity contribution is 5.89. The van der Waals surface area contributed by atoms with Gasteiger partial charge >= 0.3 is 11.9 Å². The molecule has 0 bridgehead atoms. The number of carboxylic acid groups (broad SMARTS) is 2. The SMILES string of the molecule is CN=C1NC2CCCCC2O1.O=C(O)/C=C\C(=O)O. The molecule has 1 aliphatic carbocycles. The van der Waals surface area contributed by atoms with Crippen LogP contribution >= 0.6 is 0 Å². The molecule has 2 fully saturated rings. The van der Waals surface area contributed by atoms with Gasteiger partial charge in [-0.2, -0.15) is 0 Å². The molecule has 1 saturated heterocycles. The topological polar surface area (TPSA) is 108 Å². The van der Waals surface area contributed by atoms with Crippen molar-refractivity contribution >= 4 is 18.0 Å². The van der Waals surface area contributed by atoms with Gasteiger partial charge < -0.3 is 20.3 Å². The van der Waals surface area contributed by atoms with Crippen molar-refractivity contribution in [1.29, 1.82) is 0 Å². The average molecular weight is 270 g/mol. The lowest BCUT2D eigenvalue weighted by molar-refractivity contribution is -0.134. The van der Waals surface area contributed by atoms with E-state index in [4.69, 9.17) is 14.9 Å². The Kier molecular flexibility index (Phi) is 5.84. The van der Waals surface area contributed by atoms with Crippen LogP contribution in [-0.4, -0.2) is 47.4 Å². The summed E-state index contributed by atoms with van der Waals surface area (Å²) in [7, 11) is 1.76. The van der Waals surface area contributed by atoms with Gasteiger partial charge in [0.15, 0.2) is 0 Å². The summed E-state index contributed by atoms with van der Waals surface area (Å²) in [6.07, 6.45) is 6.59. The molecule has 2 rings (SSSR count). The van der Waals surface area contributed by atoms with E-state index in [1.165, 1.54) is 25.7 Å². The third kappa shape index (κ3) is 5.41. The second kappa shape index (κ2) is 7.40. The molecule has 1 heterocycles. The van der Waals surface area contributed by atoms with E-state index in [0.29, 0.717) is 24.3 Å². The van der Waals surface area contributed by atoms with Gasteiger partial charge in [0, 0.05) is 19.2 Å². The normalized spacial score (nSPS) is 26.9. The van der Waals surface area contributed by atoms with E-state index in [1.807, 2.05) is 0 Å². The van der Waals surface area contributed by atoms with Crippen LogP contribution in [0, 0.1) is 0 Å². The maximum atomic E-state index is 9.55. The number of hydrogen-bond donors (Lipinski definition) is 3. The highest BCUT2D eigenvalue weighted by atomic mass is 16.5. The van der Waals surface area contributed by atoms with Crippen LogP contribution in [0.15, 0.2) is 17.1 Å². The molecule has 0 radical (unpaired) electrons. The van der Waals surface area contributed by atoms with E-state index < -0.39 is 11.9 Å². The van der Waals surface area contributed by atoms with Crippen LogP contribution in [-0.2, 0) is 14.3 Å². The summed E-state index contributed by atoms with van der Waals surface area (Å²) in [5.74, 6) is -2.51. The molecule has 0 amide bonds. The summed E-state index contributed by atoms with van der Waals surface area (Å²) in [5.41, 5.74) is 0. The van der Waals surface area contributed by atoms with Crippen molar-refractivity contribution in [1.82, 2.24) is 5.32 Å². The van der Waals surface area contributed by atoms with E-state index in [2.05, 4.69) is 10.3 Å². The number of rotatable bonds is 2. The van der Waals surface area contributed by atoms with Gasteiger partial charge in [-0.25, -0.2) is 14.6 Å². The van der Waals surface area contributed by atoms with E-state index in [-0.39, 0.29) is 0 Å². The van der Waals surface area contributed by atoms with Crippen LogP contribution in [0.25, 0.3) is 0 Å². The summed E-state index contributed by atoms with van der Waals surface area (Å²) >= 11 is 0. The van der Waals surface area contributed by atoms with E-state index in [1.54, 1.807) is 7.05 Å². The molecule has 0 spiro atoms. The van der Waals surface area contributed by atoms with Gasteiger partial charge in [-0.15, -0.1) is 0 Å². The first-order valence-corrected chi connectivity index (χ1v) is 6.07. The summed E-state index contributed by atoms with van der Waals surface area (Å²) in [6.45, 7) is 0. The molecule has 1 aliphatic heterocycles. The molecule has 7 nitrogen and oxygen atoms in total. The fraction of sp³-hybridized carbons (Fsp3) is 0.583. The predicted octanol–water partition coefficient (Wildman–Crippen LogP) is 0.615. The summed E-state index contributed by atoms with van der Waals surface area (Å²) < 4.78 is 5.55. The number of carbonyl (C=O) groups is 2. The van der Waals surface area contributed by atoms with Gasteiger partial charge in [-0.05, 0) is 19.3 Å². The zero-order chi connectivity index (χ0) is 14.3. The maximum Gasteiger partial charge on any atom is 0.328 e. The van der Waals surface area contributed by atoms with Crippen molar-refractivity contribution in [3.8, 4) is 0 Å². The van der Waals surface area contributed by atoms with Gasteiger partial charge in [-0.1, -0.05) is 6.42 Å². The quantitative estimate of drug-likeness (QED) is 0.635. The number of nitrogens with zero attached hydrogens (tertiary/aromatic N) is 1. The summed E-state index contributed by atoms with van der Waals surface area (Å²) in [4.78, 5) is 23.1. The molecule has 0 aromatic rings. The Labute approximate surface area is 111 Å². The fourth-order valence-corrected chi connectivity index (χ4v) is 2.00. The fourth-order valence-electron chi connectivity index (χ4n) is 2.00. The first-order chi connectivity index (χ1) is 9.02. The lowest BCUT2D eigenvalue weighted by atomic mass is 9.93. The first-order valence-electron chi connectivity index (χ1n) is 6.07. The standard InChI is InChI=1S/C8H14N2O.C4H4O4/c1-9-8-10-6-4-2-3-5-7(6)11-8;5-3(6)1-2-4(7)8/h6-7H,2-5H2,1H3,(H,9,10);1-2H,(H,5,6)(H,7,8)/b;2-1-. The number of aliphatic imine (C=N–C) groups is 1. The molecule has 2 unspecified atom stereocenters. The molecule has 19 heavy (non-hydrogen) atoms. The number of nitrogens with one attached hydrogen (secondary N) is 1. The van der Waals surface area contributed by atoms with Crippen molar-refractivity contribution < 1.29 is 24.5 Å². The van der Waals surface area contributed by atoms with Crippen LogP contribution in [0.5, 0.6) is 0 Å². The number of aliphatic carboxylic acids is 2. The molecule has 2 atom stereocenters. The molecule has 3 N–H and O–H groups in total. The van der Waals surface area contributed by atoms with Crippen molar-refractivity contribution in [2.45, 2.75) is 37.8 Å². The Bertz CT molecular complexity index is 360. The molecular weight excluding hydrogens is 252 g/mol. The summed E-state index contributed by atoms with van der Waals surface area (Å²) in [6, 6.07) is 1.28. The Morgan fingerprint density at radius 2 is 1.84 bits per heavy atom. The zero-order valence-electron chi connectivity index (χ0n) is 10.7. The van der Waals surface area contributed by atoms with Crippen molar-refractivity contribution in [2.75, 3.05) is 7.05 Å². The molecule has 0 aromatic heterocycles. The van der Waals surface area contributed by atoms with Gasteiger partial charge in [0.25, 0.3) is 6.02 Å². The van der Waals surface area contributed by atoms with Gasteiger partial charge in [0.1, 0.15) is 6.10 Å². The molecule has 7 heteroatoms. The number of hydrogen-bond acceptors (Lipinski definition) is 4. The van der Waals surface area contributed by atoms with Crippen LogP contribution in [0.4, 0.5) is 0 Å². The minimum absolute atomic E-state index is 0.405. The Hall–Kier alpha value is -2.05. The molecule has 1 saturated carbocycles. The predicted molar refractivity (Wildman–Crippen MR) is 68.0 cm³/mol. The second-order valence-electron chi connectivity index (χ2n) is 4.23. The summed E-state index contributed by atoms with van der Waals surface area (Å²) in [5, 5.41) is 18.9. The van der Waals surface area contributed by atoms with E-state index >= 15 is 0 Å². The van der Waals surface area contributed by atoms with Crippen LogP contribution in [0.2, 0.25) is 0 Å². The van der Waals surface area contributed by atoms with Crippen LogP contribution in [0.1, 0.15) is 25.7 Å². The van der Waals surface area contributed by atoms with Crippen LogP contribution in [0.3, 0.4) is 0 Å². The molecule has 2 aliphatic rings. The second-order valence-corrected chi connectivity index (χ2v) is 4.23. The lowest BCUT2D eigenvalue weighted by Crippen LogP contribution is -2.34. The van der Waals surface area contributed by atoms with Gasteiger partial charge in [0.2, 0.25) is 0 Å². The third-order valence-corrected chi connectivity index (χ3v) is 2.85. The Balaban J connectivity index is 0.000000203. The molecule has 106 valence electrons. The number of ether oxygens (including phenoxy) is 1. The van der Waals surface area contributed by atoms with Gasteiger partial charge in [-0.3, -0.25) is 0 Å². The monoisotopic (exact) mass is 270 g/mol. The van der Waals surface area contributed by atoms with Crippen LogP contribution < -0.4 is 5.32 Å². The Morgan fingerprint density at radius 3 is 2.32 bits per heavy atom. The van der Waals surface area contributed by atoms with Crippen molar-refractivity contribution in [2.24, 2.45) is 4.99 Å². The minimum atomic E-state index is -1.26. The molecular formula is C12H18N2O5. The molecule has 0 aromatic carbocycles. The number of amidine groups is 1. The maximum absolute atomic E-state index is 9.55. The van der Waals surface area contributed by atoms with E-state index in [0.717, 1.165) is 6.02 Å². The van der Waals surface area contributed by atoms with Crippen molar-refractivity contribution in [3.05, 3.63) is 12.2 Å². The first kappa shape index (κ1) is 15.0. The number of carboxylic acids is 2. The smallest absolute Gasteiger partial charge is 0.328 e. The highest BCUT2D eigenvalue weighted by Gasteiger charge is 2.33. The van der Waals surface area contributed by atoms with E-state index in [9.17, 15) is 9.59 Å². The largest absolute Gasteiger partial charge is 0.478 e. The zero-order valence-corrected chi connectivity index (χ0v) is 10.7. The van der Waals surface area contributed by atoms with Gasteiger partial charge in [0.05, 0.1) is 6.04 Å².